The molecule has 0 radical (unpaired) electrons. The second kappa shape index (κ2) is 10.3. The van der Waals surface area contributed by atoms with E-state index in [1.807, 2.05) is 67.6 Å². The summed E-state index contributed by atoms with van der Waals surface area (Å²) in [6.45, 7) is 4.04. The summed E-state index contributed by atoms with van der Waals surface area (Å²) in [5.41, 5.74) is 2.23. The molecule has 0 bridgehead atoms. The lowest BCUT2D eigenvalue weighted by molar-refractivity contribution is -0.153. The van der Waals surface area contributed by atoms with E-state index >= 15 is 0 Å². The van der Waals surface area contributed by atoms with E-state index in [0.717, 1.165) is 16.9 Å². The largest absolute Gasteiger partial charge is 0.494 e. The van der Waals surface area contributed by atoms with Crippen molar-refractivity contribution in [2.75, 3.05) is 11.9 Å². The summed E-state index contributed by atoms with van der Waals surface area (Å²) in [6.07, 6.45) is -0.945. The Morgan fingerprint density at radius 1 is 0.833 bits per heavy atom. The van der Waals surface area contributed by atoms with Gasteiger partial charge in [0.05, 0.1) is 6.61 Å². The molecule has 0 aliphatic carbocycles. The average molecular weight is 403 g/mol. The molecule has 30 heavy (non-hydrogen) atoms. The smallest absolute Gasteiger partial charge is 0.318 e. The minimum absolute atomic E-state index is 0.396. The van der Waals surface area contributed by atoms with Gasteiger partial charge in [0.2, 0.25) is 0 Å². The van der Waals surface area contributed by atoms with Gasteiger partial charge in [-0.1, -0.05) is 60.7 Å². The number of amides is 1. The third kappa shape index (κ3) is 5.47. The van der Waals surface area contributed by atoms with E-state index in [0.29, 0.717) is 12.3 Å². The number of carbonyl (C=O) groups is 2. The summed E-state index contributed by atoms with van der Waals surface area (Å²) < 4.78 is 10.9. The molecule has 5 nitrogen and oxygen atoms in total. The molecular formula is C25H25NO4. The van der Waals surface area contributed by atoms with Crippen molar-refractivity contribution in [3.05, 3.63) is 96.1 Å². The van der Waals surface area contributed by atoms with Crippen LogP contribution in [-0.4, -0.2) is 24.6 Å². The highest BCUT2D eigenvalue weighted by atomic mass is 16.5. The topological polar surface area (TPSA) is 64.6 Å². The summed E-state index contributed by atoms with van der Waals surface area (Å²) in [4.78, 5) is 25.5. The first-order valence-corrected chi connectivity index (χ1v) is 9.92. The lowest BCUT2D eigenvalue weighted by Crippen LogP contribution is -2.32. The fourth-order valence-corrected chi connectivity index (χ4v) is 3.10. The SMILES string of the molecule is CCOc1ccc(NC(=O)C(C)OC(=O)C(c2ccccc2)c2ccccc2)cc1. The molecule has 1 amide bonds. The van der Waals surface area contributed by atoms with Gasteiger partial charge in [0.1, 0.15) is 11.7 Å². The maximum absolute atomic E-state index is 13.0. The third-order valence-corrected chi connectivity index (χ3v) is 4.60. The zero-order valence-corrected chi connectivity index (χ0v) is 17.1. The molecule has 0 aromatic heterocycles. The van der Waals surface area contributed by atoms with Crippen LogP contribution in [0.1, 0.15) is 30.9 Å². The summed E-state index contributed by atoms with van der Waals surface area (Å²) in [5.74, 6) is -0.745. The molecule has 0 aliphatic rings. The molecule has 3 aromatic carbocycles. The molecular weight excluding hydrogens is 378 g/mol. The van der Waals surface area contributed by atoms with Crippen LogP contribution in [0.2, 0.25) is 0 Å². The van der Waals surface area contributed by atoms with Crippen LogP contribution < -0.4 is 10.1 Å². The lowest BCUT2D eigenvalue weighted by atomic mass is 9.91. The van der Waals surface area contributed by atoms with Gasteiger partial charge in [-0.3, -0.25) is 9.59 Å². The van der Waals surface area contributed by atoms with Crippen LogP contribution in [0.3, 0.4) is 0 Å². The molecule has 0 saturated heterocycles. The molecule has 5 heteroatoms. The Labute approximate surface area is 176 Å². The van der Waals surface area contributed by atoms with Gasteiger partial charge in [-0.2, -0.15) is 0 Å². The lowest BCUT2D eigenvalue weighted by Gasteiger charge is -2.20. The minimum Gasteiger partial charge on any atom is -0.494 e. The Balaban J connectivity index is 1.69. The average Bonchev–Trinajstić information content (AvgIpc) is 2.77. The summed E-state index contributed by atoms with van der Waals surface area (Å²) in [7, 11) is 0. The number of nitrogens with one attached hydrogen (secondary N) is 1. The van der Waals surface area contributed by atoms with E-state index in [9.17, 15) is 9.59 Å². The predicted molar refractivity (Wildman–Crippen MR) is 117 cm³/mol. The van der Waals surface area contributed by atoms with Gasteiger partial charge in [-0.25, -0.2) is 0 Å². The molecule has 0 fully saturated rings. The molecule has 3 rings (SSSR count). The second-order valence-electron chi connectivity index (χ2n) is 6.78. The van der Waals surface area contributed by atoms with E-state index in [1.54, 1.807) is 31.2 Å². The fraction of sp³-hybridized carbons (Fsp3) is 0.200. The van der Waals surface area contributed by atoms with Crippen molar-refractivity contribution < 1.29 is 19.1 Å². The Morgan fingerprint density at radius 2 is 1.37 bits per heavy atom. The van der Waals surface area contributed by atoms with Gasteiger partial charge < -0.3 is 14.8 Å². The van der Waals surface area contributed by atoms with Gasteiger partial charge in [0.25, 0.3) is 5.91 Å². The van der Waals surface area contributed by atoms with Crippen LogP contribution in [0.5, 0.6) is 5.75 Å². The zero-order chi connectivity index (χ0) is 21.3. The van der Waals surface area contributed by atoms with E-state index in [1.165, 1.54) is 0 Å². The van der Waals surface area contributed by atoms with E-state index in [4.69, 9.17) is 9.47 Å². The Morgan fingerprint density at radius 3 is 1.87 bits per heavy atom. The number of hydrogen-bond acceptors (Lipinski definition) is 4. The van der Waals surface area contributed by atoms with Crippen LogP contribution in [0.15, 0.2) is 84.9 Å². The molecule has 3 aromatic rings. The zero-order valence-electron chi connectivity index (χ0n) is 17.1. The monoisotopic (exact) mass is 403 g/mol. The predicted octanol–water partition coefficient (Wildman–Crippen LogP) is 4.79. The molecule has 1 atom stereocenters. The van der Waals surface area contributed by atoms with Crippen molar-refractivity contribution >= 4 is 17.6 Å². The fourth-order valence-electron chi connectivity index (χ4n) is 3.10. The van der Waals surface area contributed by atoms with Gasteiger partial charge in [0.15, 0.2) is 6.10 Å². The first-order chi connectivity index (χ1) is 14.6. The number of anilines is 1. The third-order valence-electron chi connectivity index (χ3n) is 4.60. The van der Waals surface area contributed by atoms with Crippen molar-refractivity contribution in [1.82, 2.24) is 0 Å². The van der Waals surface area contributed by atoms with E-state index < -0.39 is 23.9 Å². The quantitative estimate of drug-likeness (QED) is 0.550. The van der Waals surface area contributed by atoms with Crippen molar-refractivity contribution in [3.63, 3.8) is 0 Å². The number of benzene rings is 3. The van der Waals surface area contributed by atoms with Crippen molar-refractivity contribution in [2.24, 2.45) is 0 Å². The van der Waals surface area contributed by atoms with Crippen molar-refractivity contribution in [1.29, 1.82) is 0 Å². The van der Waals surface area contributed by atoms with Crippen LogP contribution in [0.4, 0.5) is 5.69 Å². The molecule has 0 heterocycles. The highest BCUT2D eigenvalue weighted by Crippen LogP contribution is 2.26. The number of hydrogen-bond donors (Lipinski definition) is 1. The maximum Gasteiger partial charge on any atom is 0.318 e. The summed E-state index contributed by atoms with van der Waals surface area (Å²) >= 11 is 0. The standard InChI is InChI=1S/C25H25NO4/c1-3-29-22-16-14-21(15-17-22)26-24(27)18(2)30-25(28)23(19-10-6-4-7-11-19)20-12-8-5-9-13-20/h4-18,23H,3H2,1-2H3,(H,26,27). The summed E-state index contributed by atoms with van der Waals surface area (Å²) in [5, 5.41) is 2.76. The summed E-state index contributed by atoms with van der Waals surface area (Å²) in [6, 6.07) is 25.8. The Kier molecular flexibility index (Phi) is 7.22. The van der Waals surface area contributed by atoms with Gasteiger partial charge in [0, 0.05) is 5.69 Å². The Bertz CT molecular complexity index is 916. The van der Waals surface area contributed by atoms with Crippen LogP contribution in [0, 0.1) is 0 Å². The highest BCUT2D eigenvalue weighted by Gasteiger charge is 2.27. The highest BCUT2D eigenvalue weighted by molar-refractivity contribution is 5.95. The Hall–Kier alpha value is -3.60. The van der Waals surface area contributed by atoms with Crippen molar-refractivity contribution in [3.8, 4) is 5.75 Å². The van der Waals surface area contributed by atoms with Crippen LogP contribution in [0.25, 0.3) is 0 Å². The number of carbonyl (C=O) groups excluding carboxylic acids is 2. The molecule has 0 aliphatic heterocycles. The first-order valence-electron chi connectivity index (χ1n) is 9.92. The first kappa shape index (κ1) is 21.1. The molecule has 0 saturated carbocycles. The molecule has 1 N–H and O–H groups in total. The van der Waals surface area contributed by atoms with Crippen molar-refractivity contribution in [2.45, 2.75) is 25.9 Å². The minimum atomic E-state index is -0.945. The van der Waals surface area contributed by atoms with Gasteiger partial charge >= 0.3 is 5.97 Å². The van der Waals surface area contributed by atoms with Gasteiger partial charge in [-0.15, -0.1) is 0 Å². The molecule has 1 unspecified atom stereocenters. The normalized spacial score (nSPS) is 11.6. The number of rotatable bonds is 8. The molecule has 0 spiro atoms. The number of ether oxygens (including phenoxy) is 2. The number of esters is 1. The second-order valence-corrected chi connectivity index (χ2v) is 6.78. The van der Waals surface area contributed by atoms with Crippen LogP contribution in [-0.2, 0) is 14.3 Å². The maximum atomic E-state index is 13.0. The van der Waals surface area contributed by atoms with E-state index in [-0.39, 0.29) is 0 Å². The molecule has 154 valence electrons. The van der Waals surface area contributed by atoms with E-state index in [2.05, 4.69) is 5.32 Å². The van der Waals surface area contributed by atoms with Gasteiger partial charge in [-0.05, 0) is 49.2 Å². The van der Waals surface area contributed by atoms with Crippen LogP contribution >= 0.6 is 0 Å².